The number of hydrogen-bond donors (Lipinski definition) is 2. The lowest BCUT2D eigenvalue weighted by atomic mass is 10.7. The fourth-order valence-electron chi connectivity index (χ4n) is 0.0589. The minimum atomic E-state index is 0.361. The van der Waals surface area contributed by atoms with Gasteiger partial charge in [-0.05, 0) is 0 Å². The molecule has 5 heavy (non-hydrogen) atoms. The molecule has 0 saturated carbocycles. The molecule has 0 aromatic carbocycles. The molecule has 0 aliphatic carbocycles. The molecule has 0 unspecified atom stereocenters. The molecule has 1 radical (unpaired) electrons. The Bertz CT molecular complexity index is 15.1. The molecule has 31 valence electrons. The van der Waals surface area contributed by atoms with Gasteiger partial charge in [0.2, 0.25) is 0 Å². The van der Waals surface area contributed by atoms with Gasteiger partial charge in [-0.1, -0.05) is 0 Å². The Labute approximate surface area is 30.7 Å². The summed E-state index contributed by atoms with van der Waals surface area (Å²) in [5.41, 5.74) is 6.52. The van der Waals surface area contributed by atoms with Crippen LogP contribution in [-0.2, 0) is 5.21 Å². The van der Waals surface area contributed by atoms with Crippen molar-refractivity contribution in [3.63, 3.8) is 0 Å². The molecule has 0 heterocycles. The van der Waals surface area contributed by atoms with Crippen LogP contribution in [0.15, 0.2) is 0 Å². The first-order chi connectivity index (χ1) is 2.41. The minimum Gasteiger partial charge on any atom is -0.329 e. The van der Waals surface area contributed by atoms with Crippen molar-refractivity contribution in [3.05, 3.63) is 0 Å². The van der Waals surface area contributed by atoms with E-state index in [1.807, 2.05) is 0 Å². The van der Waals surface area contributed by atoms with E-state index in [1.54, 1.807) is 5.48 Å². The van der Waals surface area contributed by atoms with E-state index in [9.17, 15) is 5.21 Å². The van der Waals surface area contributed by atoms with E-state index in [1.165, 1.54) is 0 Å². The molecule has 3 nitrogen and oxygen atoms in total. The Balaban J connectivity index is 2.19. The van der Waals surface area contributed by atoms with Crippen molar-refractivity contribution in [3.8, 4) is 0 Å². The summed E-state index contributed by atoms with van der Waals surface area (Å²) >= 11 is 0. The summed E-state index contributed by atoms with van der Waals surface area (Å²) in [7, 11) is 0. The van der Waals surface area contributed by atoms with E-state index >= 15 is 0 Å². The molecule has 0 aliphatic rings. The summed E-state index contributed by atoms with van der Waals surface area (Å²) in [5, 5.41) is 9.20. The van der Waals surface area contributed by atoms with Gasteiger partial charge in [0.15, 0.2) is 0 Å². The average Bonchev–Trinajstić information content (AvgIpc) is 1.41. The smallest absolute Gasteiger partial charge is 0.0363 e. The lowest BCUT2D eigenvalue weighted by molar-refractivity contribution is 0.0789. The van der Waals surface area contributed by atoms with Crippen LogP contribution >= 0.6 is 0 Å². The molecule has 0 saturated heterocycles. The van der Waals surface area contributed by atoms with Gasteiger partial charge in [0.05, 0.1) is 0 Å². The van der Waals surface area contributed by atoms with E-state index < -0.39 is 0 Å². The maximum absolute atomic E-state index is 9.20. The first-order valence-electron chi connectivity index (χ1n) is 1.47. The summed E-state index contributed by atoms with van der Waals surface area (Å²) in [6, 6.07) is 0. The lowest BCUT2D eigenvalue weighted by Crippen LogP contribution is -2.16. The van der Waals surface area contributed by atoms with Gasteiger partial charge in [0.25, 0.3) is 0 Å². The second-order valence-corrected chi connectivity index (χ2v) is 0.683. The molecular weight excluding hydrogens is 68.0 g/mol. The largest absolute Gasteiger partial charge is 0.329 e. The van der Waals surface area contributed by atoms with Crippen LogP contribution in [0.2, 0.25) is 0 Å². The lowest BCUT2D eigenvalue weighted by Gasteiger charge is -1.80. The molecule has 0 bridgehead atoms. The predicted octanol–water partition coefficient (Wildman–Crippen LogP) is -1.12. The quantitative estimate of drug-likeness (QED) is 0.408. The van der Waals surface area contributed by atoms with Crippen molar-refractivity contribution < 1.29 is 5.21 Å². The van der Waals surface area contributed by atoms with Gasteiger partial charge >= 0.3 is 0 Å². The topological polar surface area (TPSA) is 57.9 Å². The highest BCUT2D eigenvalue weighted by Gasteiger charge is 1.67. The molecule has 0 rings (SSSR count). The maximum Gasteiger partial charge on any atom is 0.0363 e. The zero-order valence-electron chi connectivity index (χ0n) is 2.90. The fourth-order valence-corrected chi connectivity index (χ4v) is 0.0589. The highest BCUT2D eigenvalue weighted by atomic mass is 16.5. The van der Waals surface area contributed by atoms with Crippen molar-refractivity contribution in [2.24, 2.45) is 5.73 Å². The number of rotatable bonds is 2. The Kier molecular flexibility index (Phi) is 3.79. The van der Waals surface area contributed by atoms with Crippen LogP contribution in [0.1, 0.15) is 0 Å². The van der Waals surface area contributed by atoms with Gasteiger partial charge in [-0.2, -0.15) is 5.48 Å². The molecule has 0 atom stereocenters. The fraction of sp³-hybridized carbons (Fsp3) is 1.00. The Morgan fingerprint density at radius 2 is 2.40 bits per heavy atom. The number of nitrogens with one attached hydrogen (secondary N) is 1. The zero-order chi connectivity index (χ0) is 4.12. The molecular formula is C2H7N2O. The zero-order valence-corrected chi connectivity index (χ0v) is 2.90. The van der Waals surface area contributed by atoms with Gasteiger partial charge in [0.1, 0.15) is 0 Å². The Morgan fingerprint density at radius 3 is 2.40 bits per heavy atom. The van der Waals surface area contributed by atoms with E-state index in [0.29, 0.717) is 13.1 Å². The average molecular weight is 75.1 g/mol. The molecule has 0 aliphatic heterocycles. The molecule has 0 fully saturated rings. The Hall–Kier alpha value is -0.120. The van der Waals surface area contributed by atoms with E-state index in [-0.39, 0.29) is 0 Å². The summed E-state index contributed by atoms with van der Waals surface area (Å²) in [4.78, 5) is 0. The molecule has 0 spiro atoms. The summed E-state index contributed by atoms with van der Waals surface area (Å²) < 4.78 is 0. The third kappa shape index (κ3) is 3.88. The SMILES string of the molecule is NCCN[O]. The number of nitrogens with two attached hydrogens (primary N) is 1. The highest BCUT2D eigenvalue weighted by molar-refractivity contribution is 4.28. The normalized spacial score (nSPS) is 8.40. The summed E-state index contributed by atoms with van der Waals surface area (Å²) in [5.74, 6) is 0. The molecule has 3 N–H and O–H groups in total. The van der Waals surface area contributed by atoms with Crippen LogP contribution in [0.5, 0.6) is 0 Å². The van der Waals surface area contributed by atoms with E-state index in [2.05, 4.69) is 0 Å². The Morgan fingerprint density at radius 1 is 1.80 bits per heavy atom. The summed E-state index contributed by atoms with van der Waals surface area (Å²) in [6.45, 7) is 0.781. The highest BCUT2D eigenvalue weighted by Crippen LogP contribution is 1.37. The second kappa shape index (κ2) is 3.88. The van der Waals surface area contributed by atoms with Crippen molar-refractivity contribution in [2.75, 3.05) is 13.1 Å². The van der Waals surface area contributed by atoms with Crippen LogP contribution in [-0.4, -0.2) is 13.1 Å². The predicted molar refractivity (Wildman–Crippen MR) is 17.7 cm³/mol. The standard InChI is InChI=1S/C2H7N2O/c3-1-2-4-5/h4H,1-3H2. The van der Waals surface area contributed by atoms with Gasteiger partial charge < -0.3 is 5.73 Å². The number of hydrogen-bond acceptors (Lipinski definition) is 2. The molecule has 3 heteroatoms. The van der Waals surface area contributed by atoms with Crippen molar-refractivity contribution >= 4 is 0 Å². The van der Waals surface area contributed by atoms with Crippen molar-refractivity contribution in [1.29, 1.82) is 0 Å². The van der Waals surface area contributed by atoms with Crippen LogP contribution in [0, 0.1) is 0 Å². The number of hydroxylamine groups is 1. The van der Waals surface area contributed by atoms with E-state index in [4.69, 9.17) is 5.73 Å². The van der Waals surface area contributed by atoms with Gasteiger partial charge in [0, 0.05) is 13.1 Å². The third-order valence-corrected chi connectivity index (χ3v) is 0.246. The first-order valence-corrected chi connectivity index (χ1v) is 1.47. The van der Waals surface area contributed by atoms with Gasteiger partial charge in [-0.3, -0.25) is 0 Å². The van der Waals surface area contributed by atoms with Crippen LogP contribution in [0.3, 0.4) is 0 Å². The molecule has 0 amide bonds. The van der Waals surface area contributed by atoms with Crippen molar-refractivity contribution in [2.45, 2.75) is 0 Å². The van der Waals surface area contributed by atoms with Gasteiger partial charge in [-0.25, -0.2) is 0 Å². The second-order valence-electron chi connectivity index (χ2n) is 0.683. The first kappa shape index (κ1) is 4.88. The van der Waals surface area contributed by atoms with Crippen LogP contribution < -0.4 is 11.2 Å². The van der Waals surface area contributed by atoms with Crippen molar-refractivity contribution in [1.82, 2.24) is 5.48 Å². The molecule has 0 aromatic heterocycles. The van der Waals surface area contributed by atoms with Gasteiger partial charge in [-0.15, -0.1) is 5.21 Å². The summed E-state index contributed by atoms with van der Waals surface area (Å²) in [6.07, 6.45) is 0. The third-order valence-electron chi connectivity index (χ3n) is 0.246. The maximum atomic E-state index is 9.20. The minimum absolute atomic E-state index is 0.361. The monoisotopic (exact) mass is 75.1 g/mol. The van der Waals surface area contributed by atoms with Crippen LogP contribution in [0.25, 0.3) is 0 Å². The van der Waals surface area contributed by atoms with Crippen LogP contribution in [0.4, 0.5) is 0 Å². The molecule has 0 aromatic rings. The van der Waals surface area contributed by atoms with E-state index in [0.717, 1.165) is 0 Å².